The third-order valence-corrected chi connectivity index (χ3v) is 1.93. The van der Waals surface area contributed by atoms with Gasteiger partial charge < -0.3 is 4.74 Å². The Balaban J connectivity index is 3.05. The maximum Gasteiger partial charge on any atom is 0.123 e. The highest BCUT2D eigenvalue weighted by molar-refractivity contribution is 5.37. The first-order valence-corrected chi connectivity index (χ1v) is 4.69. The highest BCUT2D eigenvalue weighted by Gasteiger charge is 2.17. The van der Waals surface area contributed by atoms with E-state index in [0.717, 1.165) is 5.75 Å². The van der Waals surface area contributed by atoms with Crippen LogP contribution >= 0.6 is 0 Å². The van der Waals surface area contributed by atoms with Crippen LogP contribution in [0, 0.1) is 6.07 Å². The van der Waals surface area contributed by atoms with Gasteiger partial charge in [-0.1, -0.05) is 32.9 Å². The van der Waals surface area contributed by atoms with Gasteiger partial charge in [0.05, 0.1) is 6.61 Å². The van der Waals surface area contributed by atoms with E-state index in [1.165, 1.54) is 5.56 Å². The predicted octanol–water partition coefficient (Wildman–Crippen LogP) is 3.18. The lowest BCUT2D eigenvalue weighted by Crippen LogP contribution is -2.13. The molecule has 0 aliphatic heterocycles. The monoisotopic (exact) mass is 177 g/mol. The van der Waals surface area contributed by atoms with E-state index >= 15 is 0 Å². The van der Waals surface area contributed by atoms with Gasteiger partial charge in [-0.15, -0.1) is 0 Å². The van der Waals surface area contributed by atoms with E-state index in [4.69, 9.17) is 4.74 Å². The average molecular weight is 177 g/mol. The summed E-state index contributed by atoms with van der Waals surface area (Å²) >= 11 is 0. The molecule has 1 nitrogen and oxygen atoms in total. The number of ether oxygens (including phenoxy) is 1. The van der Waals surface area contributed by atoms with E-state index in [9.17, 15) is 0 Å². The minimum atomic E-state index is 0.138. The predicted molar refractivity (Wildman–Crippen MR) is 55.1 cm³/mol. The Labute approximate surface area is 80.7 Å². The second-order valence-electron chi connectivity index (χ2n) is 4.11. The lowest BCUT2D eigenvalue weighted by atomic mass is 9.86. The van der Waals surface area contributed by atoms with Gasteiger partial charge in [0, 0.05) is 0 Å². The second-order valence-corrected chi connectivity index (χ2v) is 4.11. The van der Waals surface area contributed by atoms with Gasteiger partial charge in [0.25, 0.3) is 0 Å². The summed E-state index contributed by atoms with van der Waals surface area (Å²) in [7, 11) is 0. The molecule has 0 aliphatic carbocycles. The van der Waals surface area contributed by atoms with Crippen LogP contribution in [0.15, 0.2) is 18.2 Å². The zero-order valence-electron chi connectivity index (χ0n) is 8.85. The topological polar surface area (TPSA) is 9.23 Å². The third kappa shape index (κ3) is 2.48. The van der Waals surface area contributed by atoms with Crippen LogP contribution in [0.4, 0.5) is 0 Å². The van der Waals surface area contributed by atoms with Crippen molar-refractivity contribution in [2.45, 2.75) is 33.1 Å². The van der Waals surface area contributed by atoms with Crippen molar-refractivity contribution in [3.63, 3.8) is 0 Å². The lowest BCUT2D eigenvalue weighted by Gasteiger charge is -2.22. The van der Waals surface area contributed by atoms with E-state index in [1.807, 2.05) is 19.1 Å². The Morgan fingerprint density at radius 2 is 2.08 bits per heavy atom. The van der Waals surface area contributed by atoms with Crippen molar-refractivity contribution < 1.29 is 4.74 Å². The molecule has 0 spiro atoms. The SMILES string of the molecule is CCOc1c[c]ccc1C(C)(C)C. The highest BCUT2D eigenvalue weighted by atomic mass is 16.5. The summed E-state index contributed by atoms with van der Waals surface area (Å²) in [5.74, 6) is 0.956. The fourth-order valence-corrected chi connectivity index (χ4v) is 1.31. The van der Waals surface area contributed by atoms with Crippen LogP contribution in [0.2, 0.25) is 0 Å². The van der Waals surface area contributed by atoms with Crippen LogP contribution in [0.25, 0.3) is 0 Å². The maximum absolute atomic E-state index is 5.53. The number of rotatable bonds is 2. The molecule has 0 saturated heterocycles. The fraction of sp³-hybridized carbons (Fsp3) is 0.500. The molecule has 1 radical (unpaired) electrons. The number of hydrogen-bond donors (Lipinski definition) is 0. The van der Waals surface area contributed by atoms with Gasteiger partial charge in [0.2, 0.25) is 0 Å². The van der Waals surface area contributed by atoms with Crippen LogP contribution < -0.4 is 4.74 Å². The van der Waals surface area contributed by atoms with E-state index in [-0.39, 0.29) is 5.41 Å². The van der Waals surface area contributed by atoms with E-state index in [2.05, 4.69) is 32.9 Å². The summed E-state index contributed by atoms with van der Waals surface area (Å²) in [6, 6.07) is 8.95. The van der Waals surface area contributed by atoms with Crippen molar-refractivity contribution in [3.8, 4) is 5.75 Å². The van der Waals surface area contributed by atoms with Gasteiger partial charge >= 0.3 is 0 Å². The van der Waals surface area contributed by atoms with Crippen LogP contribution in [0.1, 0.15) is 33.3 Å². The Morgan fingerprint density at radius 3 is 2.62 bits per heavy atom. The smallest absolute Gasteiger partial charge is 0.123 e. The summed E-state index contributed by atoms with van der Waals surface area (Å²) < 4.78 is 5.53. The third-order valence-electron chi connectivity index (χ3n) is 1.93. The summed E-state index contributed by atoms with van der Waals surface area (Å²) in [6.07, 6.45) is 0. The maximum atomic E-state index is 5.53. The van der Waals surface area contributed by atoms with Gasteiger partial charge in [-0.2, -0.15) is 0 Å². The lowest BCUT2D eigenvalue weighted by molar-refractivity contribution is 0.330. The molecule has 0 unspecified atom stereocenters. The molecule has 0 aliphatic rings. The van der Waals surface area contributed by atoms with E-state index < -0.39 is 0 Å². The molecule has 1 aromatic carbocycles. The van der Waals surface area contributed by atoms with Crippen molar-refractivity contribution >= 4 is 0 Å². The number of benzene rings is 1. The molecule has 1 heteroatoms. The largest absolute Gasteiger partial charge is 0.494 e. The summed E-state index contributed by atoms with van der Waals surface area (Å²) in [6.45, 7) is 9.26. The first-order chi connectivity index (χ1) is 6.05. The van der Waals surface area contributed by atoms with Crippen molar-refractivity contribution in [3.05, 3.63) is 29.8 Å². The number of hydrogen-bond acceptors (Lipinski definition) is 1. The molecule has 0 amide bonds. The first kappa shape index (κ1) is 10.1. The molecule has 0 fully saturated rings. The van der Waals surface area contributed by atoms with Gasteiger partial charge in [0.1, 0.15) is 5.75 Å². The van der Waals surface area contributed by atoms with Crippen molar-refractivity contribution in [2.75, 3.05) is 6.61 Å². The normalized spacial score (nSPS) is 11.4. The van der Waals surface area contributed by atoms with Crippen molar-refractivity contribution in [1.29, 1.82) is 0 Å². The molecule has 1 aromatic rings. The van der Waals surface area contributed by atoms with Gasteiger partial charge in [-0.25, -0.2) is 0 Å². The van der Waals surface area contributed by atoms with Crippen LogP contribution in [0.3, 0.4) is 0 Å². The minimum Gasteiger partial charge on any atom is -0.494 e. The minimum absolute atomic E-state index is 0.138. The zero-order valence-corrected chi connectivity index (χ0v) is 8.85. The van der Waals surface area contributed by atoms with Gasteiger partial charge in [-0.05, 0) is 30.0 Å². The molecule has 0 bridgehead atoms. The Hall–Kier alpha value is -0.980. The van der Waals surface area contributed by atoms with E-state index in [1.54, 1.807) is 0 Å². The van der Waals surface area contributed by atoms with Crippen LogP contribution in [-0.2, 0) is 5.41 Å². The Kier molecular flexibility index (Phi) is 2.97. The molecule has 0 saturated carbocycles. The molecular formula is C12H17O. The molecule has 1 rings (SSSR count). The Bertz CT molecular complexity index is 271. The first-order valence-electron chi connectivity index (χ1n) is 4.69. The standard InChI is InChI=1S/C12H17O/c1-5-13-11-9-7-6-8-10(11)12(2,3)4/h6,8-9H,5H2,1-4H3. The summed E-state index contributed by atoms with van der Waals surface area (Å²) in [4.78, 5) is 0. The molecule has 0 N–H and O–H groups in total. The zero-order chi connectivity index (χ0) is 9.90. The molecule has 0 heterocycles. The average Bonchev–Trinajstić information content (AvgIpc) is 2.04. The molecule has 71 valence electrons. The fourth-order valence-electron chi connectivity index (χ4n) is 1.31. The van der Waals surface area contributed by atoms with Gasteiger partial charge in [-0.3, -0.25) is 0 Å². The Morgan fingerprint density at radius 1 is 1.38 bits per heavy atom. The van der Waals surface area contributed by atoms with E-state index in [0.29, 0.717) is 6.61 Å². The summed E-state index contributed by atoms with van der Waals surface area (Å²) in [5.41, 5.74) is 1.38. The molecule has 13 heavy (non-hydrogen) atoms. The summed E-state index contributed by atoms with van der Waals surface area (Å²) in [5, 5.41) is 0. The quantitative estimate of drug-likeness (QED) is 0.674. The van der Waals surface area contributed by atoms with Crippen LogP contribution in [0.5, 0.6) is 5.75 Å². The molecule has 0 atom stereocenters. The van der Waals surface area contributed by atoms with Crippen LogP contribution in [-0.4, -0.2) is 6.61 Å². The highest BCUT2D eigenvalue weighted by Crippen LogP contribution is 2.30. The molecular weight excluding hydrogens is 160 g/mol. The second kappa shape index (κ2) is 3.82. The van der Waals surface area contributed by atoms with Gasteiger partial charge in [0.15, 0.2) is 0 Å². The van der Waals surface area contributed by atoms with Crippen molar-refractivity contribution in [1.82, 2.24) is 0 Å². The van der Waals surface area contributed by atoms with Crippen molar-refractivity contribution in [2.24, 2.45) is 0 Å². The molecule has 0 aromatic heterocycles.